The van der Waals surface area contributed by atoms with Gasteiger partial charge in [-0.1, -0.05) is 56.3 Å². The zero-order valence-corrected chi connectivity index (χ0v) is 24.2. The topological polar surface area (TPSA) is 160 Å². The van der Waals surface area contributed by atoms with Crippen molar-refractivity contribution in [1.29, 1.82) is 5.41 Å². The van der Waals surface area contributed by atoms with Crippen molar-refractivity contribution in [1.82, 2.24) is 14.5 Å². The summed E-state index contributed by atoms with van der Waals surface area (Å²) < 4.78 is 31.4. The minimum absolute atomic E-state index is 0.00866. The Morgan fingerprint density at radius 1 is 0.976 bits per heavy atom. The molecule has 41 heavy (non-hydrogen) atoms. The van der Waals surface area contributed by atoms with Gasteiger partial charge in [0, 0.05) is 18.5 Å². The molecule has 0 saturated heterocycles. The Hall–Kier alpha value is -4.22. The van der Waals surface area contributed by atoms with E-state index in [1.807, 2.05) is 24.3 Å². The first-order valence-corrected chi connectivity index (χ1v) is 15.1. The molecule has 0 saturated carbocycles. The summed E-state index contributed by atoms with van der Waals surface area (Å²) >= 11 is 0. The zero-order valence-electron chi connectivity index (χ0n) is 23.4. The Kier molecular flexibility index (Phi) is 9.41. The maximum Gasteiger partial charge on any atom is 0.262 e. The van der Waals surface area contributed by atoms with Crippen molar-refractivity contribution in [3.8, 4) is 0 Å². The number of hydrogen-bond acceptors (Lipinski definition) is 6. The van der Waals surface area contributed by atoms with E-state index in [0.717, 1.165) is 30.8 Å². The van der Waals surface area contributed by atoms with E-state index >= 15 is 0 Å². The first kappa shape index (κ1) is 29.8. The lowest BCUT2D eigenvalue weighted by atomic mass is 10.1. The Labute approximate surface area is 240 Å². The molecule has 4 aromatic rings. The van der Waals surface area contributed by atoms with Gasteiger partial charge < -0.3 is 20.9 Å². The summed E-state index contributed by atoms with van der Waals surface area (Å²) in [5, 5.41) is 7.55. The van der Waals surface area contributed by atoms with Gasteiger partial charge in [0.2, 0.25) is 5.91 Å². The number of sulfonamides is 1. The number of nitrogen functional groups attached to an aromatic ring is 1. The molecule has 10 nitrogen and oxygen atoms in total. The predicted molar refractivity (Wildman–Crippen MR) is 163 cm³/mol. The van der Waals surface area contributed by atoms with Crippen LogP contribution in [-0.4, -0.2) is 54.2 Å². The number of fused-ring (bicyclic) bond motifs is 1. The minimum Gasteiger partial charge on any atom is -0.384 e. The fraction of sp³-hybridized carbons (Fsp3) is 0.300. The molecule has 11 heteroatoms. The third-order valence-corrected chi connectivity index (χ3v) is 8.63. The van der Waals surface area contributed by atoms with Gasteiger partial charge in [-0.2, -0.15) is 0 Å². The van der Waals surface area contributed by atoms with Crippen molar-refractivity contribution in [2.24, 2.45) is 11.5 Å². The highest BCUT2D eigenvalue weighted by Gasteiger charge is 2.20. The minimum atomic E-state index is -3.85. The molecule has 1 heterocycles. The molecule has 216 valence electrons. The molecule has 0 radical (unpaired) electrons. The lowest BCUT2D eigenvalue weighted by Crippen LogP contribution is -2.26. The van der Waals surface area contributed by atoms with Crippen LogP contribution in [0.4, 0.5) is 5.69 Å². The van der Waals surface area contributed by atoms with Crippen LogP contribution >= 0.6 is 0 Å². The molecule has 0 fully saturated rings. The van der Waals surface area contributed by atoms with Crippen LogP contribution in [0.15, 0.2) is 71.6 Å². The van der Waals surface area contributed by atoms with Crippen molar-refractivity contribution in [2.45, 2.75) is 44.6 Å². The summed E-state index contributed by atoms with van der Waals surface area (Å²) in [5.74, 6) is 0.174. The van der Waals surface area contributed by atoms with Crippen molar-refractivity contribution in [3.05, 3.63) is 89.2 Å². The third kappa shape index (κ3) is 7.30. The van der Waals surface area contributed by atoms with Gasteiger partial charge in [-0.15, -0.1) is 0 Å². The molecule has 0 atom stereocenters. The normalized spacial score (nSPS) is 11.7. The molecule has 4 rings (SSSR count). The predicted octanol–water partition coefficient (Wildman–Crippen LogP) is 3.28. The van der Waals surface area contributed by atoms with Gasteiger partial charge in [0.05, 0.1) is 21.6 Å². The highest BCUT2D eigenvalue weighted by molar-refractivity contribution is 7.92. The largest absolute Gasteiger partial charge is 0.384 e. The molecule has 0 unspecified atom stereocenters. The van der Waals surface area contributed by atoms with Crippen LogP contribution in [0.25, 0.3) is 11.0 Å². The Bertz CT molecular complexity index is 1640. The van der Waals surface area contributed by atoms with Crippen LogP contribution in [0.2, 0.25) is 0 Å². The van der Waals surface area contributed by atoms with Gasteiger partial charge in [-0.25, -0.2) is 13.4 Å². The molecular weight excluding hydrogens is 538 g/mol. The van der Waals surface area contributed by atoms with Crippen molar-refractivity contribution < 1.29 is 13.2 Å². The number of aryl methyl sites for hydroxylation is 2. The summed E-state index contributed by atoms with van der Waals surface area (Å²) in [7, 11) is -3.85. The number of nitrogens with one attached hydrogen (secondary N) is 2. The summed E-state index contributed by atoms with van der Waals surface area (Å²) in [6.07, 6.45) is 1.79. The van der Waals surface area contributed by atoms with Crippen LogP contribution in [0.3, 0.4) is 0 Å². The number of likely N-dealkylation sites (N-methyl/N-ethyl adjacent to an activating group) is 1. The molecule has 3 aromatic carbocycles. The van der Waals surface area contributed by atoms with Crippen molar-refractivity contribution in [2.75, 3.05) is 24.4 Å². The quantitative estimate of drug-likeness (QED) is 0.133. The fourth-order valence-corrected chi connectivity index (χ4v) is 6.19. The van der Waals surface area contributed by atoms with Crippen molar-refractivity contribution in [3.63, 3.8) is 0 Å². The number of amides is 1. The summed E-state index contributed by atoms with van der Waals surface area (Å²) in [6, 6.07) is 19.6. The molecule has 1 amide bonds. The number of rotatable bonds is 14. The number of anilines is 1. The molecule has 6 N–H and O–H groups in total. The number of amidine groups is 1. The maximum atomic E-state index is 13.5. The lowest BCUT2D eigenvalue weighted by Gasteiger charge is -2.19. The average Bonchev–Trinajstić information content (AvgIpc) is 3.28. The van der Waals surface area contributed by atoms with Crippen LogP contribution < -0.4 is 16.2 Å². The number of benzene rings is 3. The number of carbonyl (C=O) groups excluding carboxylic acids is 1. The molecule has 0 spiro atoms. The Morgan fingerprint density at radius 3 is 2.34 bits per heavy atom. The van der Waals surface area contributed by atoms with E-state index in [-0.39, 0.29) is 17.3 Å². The molecular formula is C30H37N7O3S. The highest BCUT2D eigenvalue weighted by Crippen LogP contribution is 2.25. The molecule has 0 bridgehead atoms. The highest BCUT2D eigenvalue weighted by atomic mass is 32.2. The van der Waals surface area contributed by atoms with Gasteiger partial charge in [-0.3, -0.25) is 14.9 Å². The van der Waals surface area contributed by atoms with Crippen LogP contribution in [-0.2, 0) is 40.6 Å². The Morgan fingerprint density at radius 2 is 1.68 bits per heavy atom. The second-order valence-electron chi connectivity index (χ2n) is 9.88. The second-order valence-corrected chi connectivity index (χ2v) is 11.5. The van der Waals surface area contributed by atoms with Gasteiger partial charge in [0.15, 0.2) is 0 Å². The number of nitrogens with zero attached hydrogens (tertiary/aromatic N) is 3. The third-order valence-electron chi connectivity index (χ3n) is 7.15. The summed E-state index contributed by atoms with van der Waals surface area (Å²) in [4.78, 5) is 19.1. The molecule has 0 aliphatic rings. The average molecular weight is 576 g/mol. The van der Waals surface area contributed by atoms with Gasteiger partial charge in [0.25, 0.3) is 10.0 Å². The summed E-state index contributed by atoms with van der Waals surface area (Å²) in [5.41, 5.74) is 15.1. The van der Waals surface area contributed by atoms with Gasteiger partial charge in [0.1, 0.15) is 18.2 Å². The first-order valence-electron chi connectivity index (χ1n) is 13.6. The van der Waals surface area contributed by atoms with Crippen LogP contribution in [0.1, 0.15) is 36.4 Å². The van der Waals surface area contributed by atoms with E-state index < -0.39 is 15.9 Å². The smallest absolute Gasteiger partial charge is 0.262 e. The van der Waals surface area contributed by atoms with Crippen LogP contribution in [0, 0.1) is 5.41 Å². The zero-order chi connectivity index (χ0) is 29.6. The lowest BCUT2D eigenvalue weighted by molar-refractivity contribution is -0.118. The monoisotopic (exact) mass is 575 g/mol. The van der Waals surface area contributed by atoms with E-state index in [1.54, 1.807) is 47.0 Å². The first-order chi connectivity index (χ1) is 19.6. The molecule has 0 aliphatic carbocycles. The number of carbonyl (C=O) groups is 1. The van der Waals surface area contributed by atoms with E-state index in [1.165, 1.54) is 0 Å². The number of aromatic nitrogens is 2. The van der Waals surface area contributed by atoms with E-state index in [9.17, 15) is 13.2 Å². The van der Waals surface area contributed by atoms with E-state index in [0.29, 0.717) is 47.4 Å². The van der Waals surface area contributed by atoms with Crippen LogP contribution in [0.5, 0.6) is 0 Å². The Balaban J connectivity index is 1.58. The maximum absolute atomic E-state index is 13.5. The molecule has 1 aromatic heterocycles. The fourth-order valence-electron chi connectivity index (χ4n) is 4.87. The van der Waals surface area contributed by atoms with Gasteiger partial charge >= 0.3 is 0 Å². The number of hydrogen-bond donors (Lipinski definition) is 4. The summed E-state index contributed by atoms with van der Waals surface area (Å²) in [6.45, 7) is 6.71. The standard InChI is InChI=1S/C30H37N7O3S/c1-3-36(4-2)18-17-22-7-5-6-8-27(22)41(39,40)35-24-14-15-26-25(19-24)34-29(37(26)20-28(31)38)16-11-21-9-12-23(13-10-21)30(32)33/h5-10,12-15,19,35H,3-4,11,16-18,20H2,1-2H3,(H2,31,38)(H3,32,33). The number of primary amides is 1. The number of imidazole rings is 1. The number of nitrogens with two attached hydrogens (primary N) is 2. The second kappa shape index (κ2) is 13.0. The molecule has 0 aliphatic heterocycles. The SMILES string of the molecule is CCN(CC)CCc1ccccc1S(=O)(=O)Nc1ccc2c(c1)nc(CCc1ccc(C(=N)N)cc1)n2CC(N)=O. The van der Waals surface area contributed by atoms with E-state index in [2.05, 4.69) is 23.5 Å². The van der Waals surface area contributed by atoms with Crippen molar-refractivity contribution >= 4 is 38.5 Å². The van der Waals surface area contributed by atoms with Gasteiger partial charge in [-0.05, 0) is 61.3 Å². The van der Waals surface area contributed by atoms with E-state index in [4.69, 9.17) is 21.9 Å².